The highest BCUT2D eigenvalue weighted by molar-refractivity contribution is 7.10. The Labute approximate surface area is 134 Å². The van der Waals surface area contributed by atoms with Gasteiger partial charge < -0.3 is 5.32 Å². The second kappa shape index (κ2) is 7.46. The van der Waals surface area contributed by atoms with Crippen LogP contribution in [0.25, 0.3) is 0 Å². The van der Waals surface area contributed by atoms with Crippen LogP contribution >= 0.6 is 34.5 Å². The Morgan fingerprint density at radius 3 is 2.65 bits per heavy atom. The number of nitrogens with one attached hydrogen (secondary N) is 1. The number of hydrogen-bond acceptors (Lipinski definition) is 2. The number of rotatable bonds is 6. The molecule has 4 heteroatoms. The lowest BCUT2D eigenvalue weighted by Crippen LogP contribution is -2.24. The van der Waals surface area contributed by atoms with Crippen LogP contribution in [0.15, 0.2) is 29.6 Å². The van der Waals surface area contributed by atoms with Crippen LogP contribution in [-0.2, 0) is 6.42 Å². The van der Waals surface area contributed by atoms with Crippen molar-refractivity contribution < 1.29 is 0 Å². The Balaban J connectivity index is 2.21. The summed E-state index contributed by atoms with van der Waals surface area (Å²) in [6.45, 7) is 5.36. The Hall–Kier alpha value is -0.540. The topological polar surface area (TPSA) is 12.0 Å². The highest BCUT2D eigenvalue weighted by Gasteiger charge is 2.16. The molecule has 0 bridgehead atoms. The second-order valence-corrected chi connectivity index (χ2v) is 6.84. The molecule has 1 heterocycles. The molecule has 20 heavy (non-hydrogen) atoms. The average Bonchev–Trinajstić information content (AvgIpc) is 2.83. The normalized spacial score (nSPS) is 12.6. The van der Waals surface area contributed by atoms with Crippen molar-refractivity contribution in [3.8, 4) is 0 Å². The maximum atomic E-state index is 6.30. The maximum Gasteiger partial charge on any atom is 0.0453 e. The third-order valence-corrected chi connectivity index (χ3v) is 4.80. The van der Waals surface area contributed by atoms with E-state index in [-0.39, 0.29) is 0 Å². The molecule has 1 atom stereocenters. The number of halogens is 2. The molecule has 1 aromatic carbocycles. The van der Waals surface area contributed by atoms with Gasteiger partial charge in [-0.25, -0.2) is 0 Å². The van der Waals surface area contributed by atoms with Gasteiger partial charge in [-0.2, -0.15) is 0 Å². The van der Waals surface area contributed by atoms with E-state index in [4.69, 9.17) is 23.2 Å². The standard InChI is InChI=1S/C16H19Cl2NS/c1-3-7-19-16(14-6-8-20-11(14)2)9-12-4-5-13(17)10-15(12)18/h4-6,8,10,16,19H,3,7,9H2,1-2H3. The molecule has 1 N–H and O–H groups in total. The summed E-state index contributed by atoms with van der Waals surface area (Å²) in [4.78, 5) is 1.36. The summed E-state index contributed by atoms with van der Waals surface area (Å²) in [5.74, 6) is 0. The second-order valence-electron chi connectivity index (χ2n) is 4.88. The first-order valence-electron chi connectivity index (χ1n) is 6.83. The van der Waals surface area contributed by atoms with Gasteiger partial charge in [-0.3, -0.25) is 0 Å². The van der Waals surface area contributed by atoms with Crippen LogP contribution in [-0.4, -0.2) is 6.54 Å². The van der Waals surface area contributed by atoms with Gasteiger partial charge in [0.2, 0.25) is 0 Å². The fourth-order valence-corrected chi connectivity index (χ4v) is 3.52. The van der Waals surface area contributed by atoms with Crippen molar-refractivity contribution >= 4 is 34.5 Å². The number of hydrogen-bond donors (Lipinski definition) is 1. The monoisotopic (exact) mass is 327 g/mol. The van der Waals surface area contributed by atoms with E-state index in [2.05, 4.69) is 30.6 Å². The molecule has 2 rings (SSSR count). The zero-order chi connectivity index (χ0) is 14.5. The summed E-state index contributed by atoms with van der Waals surface area (Å²) in [5.41, 5.74) is 2.50. The Kier molecular flexibility index (Phi) is 5.91. The molecule has 2 aromatic rings. The average molecular weight is 328 g/mol. The van der Waals surface area contributed by atoms with Gasteiger partial charge >= 0.3 is 0 Å². The summed E-state index contributed by atoms with van der Waals surface area (Å²) in [6, 6.07) is 8.25. The molecule has 0 saturated carbocycles. The van der Waals surface area contributed by atoms with Crippen molar-refractivity contribution in [1.82, 2.24) is 5.32 Å². The van der Waals surface area contributed by atoms with Crippen LogP contribution in [0, 0.1) is 6.92 Å². The summed E-state index contributed by atoms with van der Waals surface area (Å²) in [7, 11) is 0. The van der Waals surface area contributed by atoms with Crippen LogP contribution in [0.1, 0.15) is 35.4 Å². The highest BCUT2D eigenvalue weighted by Crippen LogP contribution is 2.29. The fraction of sp³-hybridized carbons (Fsp3) is 0.375. The molecular weight excluding hydrogens is 309 g/mol. The van der Waals surface area contributed by atoms with Gasteiger partial charge in [-0.15, -0.1) is 11.3 Å². The van der Waals surface area contributed by atoms with Crippen LogP contribution in [0.5, 0.6) is 0 Å². The van der Waals surface area contributed by atoms with E-state index in [0.717, 1.165) is 30.0 Å². The summed E-state index contributed by atoms with van der Waals surface area (Å²) >= 11 is 14.1. The molecule has 0 aliphatic carbocycles. The van der Waals surface area contributed by atoms with Crippen LogP contribution in [0.2, 0.25) is 10.0 Å². The van der Waals surface area contributed by atoms with E-state index in [9.17, 15) is 0 Å². The van der Waals surface area contributed by atoms with Crippen LogP contribution in [0.3, 0.4) is 0 Å². The minimum atomic E-state index is 0.305. The van der Waals surface area contributed by atoms with Crippen molar-refractivity contribution in [2.24, 2.45) is 0 Å². The molecule has 0 saturated heterocycles. The lowest BCUT2D eigenvalue weighted by molar-refractivity contribution is 0.529. The molecule has 0 fully saturated rings. The van der Waals surface area contributed by atoms with Crippen molar-refractivity contribution in [2.75, 3.05) is 6.54 Å². The van der Waals surface area contributed by atoms with Crippen molar-refractivity contribution in [3.05, 3.63) is 55.7 Å². The lowest BCUT2D eigenvalue weighted by Gasteiger charge is -2.19. The first-order chi connectivity index (χ1) is 9.61. The molecule has 0 amide bonds. The minimum Gasteiger partial charge on any atom is -0.310 e. The first-order valence-corrected chi connectivity index (χ1v) is 8.46. The molecule has 0 aliphatic rings. The SMILES string of the molecule is CCCNC(Cc1ccc(Cl)cc1Cl)c1ccsc1C. The smallest absolute Gasteiger partial charge is 0.0453 e. The van der Waals surface area contributed by atoms with Gasteiger partial charge in [0.25, 0.3) is 0 Å². The molecule has 1 nitrogen and oxygen atoms in total. The zero-order valence-electron chi connectivity index (χ0n) is 11.7. The largest absolute Gasteiger partial charge is 0.310 e. The lowest BCUT2D eigenvalue weighted by atomic mass is 9.99. The molecule has 0 spiro atoms. The van der Waals surface area contributed by atoms with Crippen LogP contribution in [0.4, 0.5) is 0 Å². The highest BCUT2D eigenvalue weighted by atomic mass is 35.5. The van der Waals surface area contributed by atoms with E-state index in [1.165, 1.54) is 10.4 Å². The maximum absolute atomic E-state index is 6.30. The van der Waals surface area contributed by atoms with E-state index >= 15 is 0 Å². The zero-order valence-corrected chi connectivity index (χ0v) is 14.1. The van der Waals surface area contributed by atoms with Crippen molar-refractivity contribution in [1.29, 1.82) is 0 Å². The molecule has 1 aromatic heterocycles. The van der Waals surface area contributed by atoms with Crippen molar-refractivity contribution in [2.45, 2.75) is 32.7 Å². The van der Waals surface area contributed by atoms with Crippen LogP contribution < -0.4 is 5.32 Å². The Bertz CT molecular complexity index is 565. The van der Waals surface area contributed by atoms with Crippen molar-refractivity contribution in [3.63, 3.8) is 0 Å². The number of benzene rings is 1. The van der Waals surface area contributed by atoms with E-state index in [1.54, 1.807) is 11.3 Å². The van der Waals surface area contributed by atoms with Gasteiger partial charge in [0.05, 0.1) is 0 Å². The van der Waals surface area contributed by atoms with Gasteiger partial charge in [0.1, 0.15) is 0 Å². The fourth-order valence-electron chi connectivity index (χ4n) is 2.27. The quantitative estimate of drug-likeness (QED) is 0.723. The minimum absolute atomic E-state index is 0.305. The van der Waals surface area contributed by atoms with Gasteiger partial charge in [0.15, 0.2) is 0 Å². The number of aryl methyl sites for hydroxylation is 1. The predicted molar refractivity (Wildman–Crippen MR) is 90.3 cm³/mol. The molecule has 0 aliphatic heterocycles. The molecule has 1 unspecified atom stereocenters. The van der Waals surface area contributed by atoms with Gasteiger partial charge in [-0.1, -0.05) is 36.2 Å². The van der Waals surface area contributed by atoms with E-state index in [1.807, 2.05) is 18.2 Å². The Morgan fingerprint density at radius 1 is 1.25 bits per heavy atom. The summed E-state index contributed by atoms with van der Waals surface area (Å²) in [6.07, 6.45) is 2.00. The third kappa shape index (κ3) is 3.98. The van der Waals surface area contributed by atoms with E-state index in [0.29, 0.717) is 11.1 Å². The first kappa shape index (κ1) is 15.8. The number of thiophene rings is 1. The summed E-state index contributed by atoms with van der Waals surface area (Å²) < 4.78 is 0. The molecular formula is C16H19Cl2NS. The third-order valence-electron chi connectivity index (χ3n) is 3.35. The summed E-state index contributed by atoms with van der Waals surface area (Å²) in [5, 5.41) is 7.19. The Morgan fingerprint density at radius 2 is 2.05 bits per heavy atom. The molecule has 0 radical (unpaired) electrons. The van der Waals surface area contributed by atoms with Gasteiger partial charge in [0, 0.05) is 21.0 Å². The van der Waals surface area contributed by atoms with Gasteiger partial charge in [-0.05, 0) is 61.0 Å². The molecule has 108 valence electrons. The predicted octanol–water partition coefficient (Wildman–Crippen LogP) is 5.65. The van der Waals surface area contributed by atoms with E-state index < -0.39 is 0 Å².